The summed E-state index contributed by atoms with van der Waals surface area (Å²) in [5, 5.41) is 21.3. The second-order valence-electron chi connectivity index (χ2n) is 4.15. The summed E-state index contributed by atoms with van der Waals surface area (Å²) in [6.45, 7) is -1.19. The van der Waals surface area contributed by atoms with Crippen molar-refractivity contribution in [3.8, 4) is 0 Å². The molecule has 112 valence electrons. The van der Waals surface area contributed by atoms with E-state index in [9.17, 15) is 14.6 Å². The molecule has 0 aromatic heterocycles. The Balaban J connectivity index is 3.29. The van der Waals surface area contributed by atoms with Crippen LogP contribution in [-0.4, -0.2) is 38.3 Å². The highest BCUT2D eigenvalue weighted by Crippen LogP contribution is 2.49. The standard InChI is InChI=1S/C10H12Cl2NO6P/c11-10(12,8-4-2-1-3-5-8)13(16,6-9(14)15)7-20(17,18)19/h1-5H,6-7H2,(H,14,15)(H2,17,18,19). The molecule has 1 aromatic rings. The van der Waals surface area contributed by atoms with Crippen molar-refractivity contribution < 1.29 is 28.9 Å². The number of hydroxylamine groups is 3. The Morgan fingerprint density at radius 2 is 1.80 bits per heavy atom. The van der Waals surface area contributed by atoms with Crippen LogP contribution in [0.1, 0.15) is 5.56 Å². The molecule has 3 N–H and O–H groups in total. The summed E-state index contributed by atoms with van der Waals surface area (Å²) < 4.78 is 6.71. The number of rotatable bonds is 6. The van der Waals surface area contributed by atoms with E-state index in [1.165, 1.54) is 24.3 Å². The van der Waals surface area contributed by atoms with Crippen molar-refractivity contribution in [2.75, 3.05) is 12.8 Å². The van der Waals surface area contributed by atoms with Gasteiger partial charge in [0.2, 0.25) is 0 Å². The highest BCUT2D eigenvalue weighted by Gasteiger charge is 2.48. The number of quaternary nitrogens is 1. The van der Waals surface area contributed by atoms with Gasteiger partial charge in [0.15, 0.2) is 12.8 Å². The van der Waals surface area contributed by atoms with Crippen LogP contribution >= 0.6 is 30.8 Å². The second kappa shape index (κ2) is 5.99. The number of carbonyl (C=O) groups is 1. The maximum absolute atomic E-state index is 12.6. The molecular formula is C10H12Cl2NO6P. The van der Waals surface area contributed by atoms with Gasteiger partial charge in [0, 0.05) is 5.56 Å². The lowest BCUT2D eigenvalue weighted by Gasteiger charge is -2.48. The van der Waals surface area contributed by atoms with Gasteiger partial charge in [-0.3, -0.25) is 4.57 Å². The fraction of sp³-hybridized carbons (Fsp3) is 0.300. The number of nitrogens with zero attached hydrogens (tertiary/aromatic N) is 1. The van der Waals surface area contributed by atoms with E-state index in [-0.39, 0.29) is 5.56 Å². The van der Waals surface area contributed by atoms with Crippen molar-refractivity contribution in [1.82, 2.24) is 0 Å². The number of carboxylic acid groups (broad SMARTS) is 1. The van der Waals surface area contributed by atoms with E-state index in [0.29, 0.717) is 0 Å². The summed E-state index contributed by atoms with van der Waals surface area (Å²) in [6, 6.07) is 7.38. The summed E-state index contributed by atoms with van der Waals surface area (Å²) in [5.74, 6) is -1.57. The Kier molecular flexibility index (Phi) is 5.21. The van der Waals surface area contributed by atoms with Gasteiger partial charge >= 0.3 is 13.6 Å². The first kappa shape index (κ1) is 17.4. The van der Waals surface area contributed by atoms with Gasteiger partial charge in [-0.05, 0) is 35.3 Å². The molecule has 0 radical (unpaired) electrons. The third-order valence-electron chi connectivity index (χ3n) is 2.44. The normalized spacial score (nSPS) is 15.7. The second-order valence-corrected chi connectivity index (χ2v) is 7.05. The summed E-state index contributed by atoms with van der Waals surface area (Å²) in [7, 11) is -4.83. The number of halogens is 2. The Hall–Kier alpha value is -0.660. The third-order valence-corrected chi connectivity index (χ3v) is 4.31. The van der Waals surface area contributed by atoms with Gasteiger partial charge in [0.1, 0.15) is 0 Å². The number of alkyl halides is 2. The zero-order valence-electron chi connectivity index (χ0n) is 10.0. The highest BCUT2D eigenvalue weighted by atomic mass is 35.5. The molecule has 10 heteroatoms. The largest absolute Gasteiger partial charge is 0.630 e. The zero-order chi connectivity index (χ0) is 15.6. The molecule has 0 saturated carbocycles. The molecule has 20 heavy (non-hydrogen) atoms. The van der Waals surface area contributed by atoms with Crippen molar-refractivity contribution in [2.45, 2.75) is 4.46 Å². The monoisotopic (exact) mass is 343 g/mol. The molecule has 0 heterocycles. The van der Waals surface area contributed by atoms with E-state index in [1.54, 1.807) is 6.07 Å². The van der Waals surface area contributed by atoms with Crippen LogP contribution in [0.25, 0.3) is 0 Å². The molecule has 0 aliphatic heterocycles. The smallest absolute Gasteiger partial charge is 0.379 e. The molecule has 1 unspecified atom stereocenters. The van der Waals surface area contributed by atoms with Gasteiger partial charge in [-0.25, -0.2) is 4.79 Å². The van der Waals surface area contributed by atoms with Crippen molar-refractivity contribution in [1.29, 1.82) is 0 Å². The summed E-state index contributed by atoms with van der Waals surface area (Å²) >= 11 is 11.9. The first-order valence-electron chi connectivity index (χ1n) is 5.26. The minimum Gasteiger partial charge on any atom is -0.630 e. The highest BCUT2D eigenvalue weighted by molar-refractivity contribution is 7.51. The molecule has 0 bridgehead atoms. The Labute approximate surface area is 124 Å². The number of benzene rings is 1. The summed E-state index contributed by atoms with van der Waals surface area (Å²) in [5.41, 5.74) is 0.0491. The average molecular weight is 344 g/mol. The molecular weight excluding hydrogens is 332 g/mol. The van der Waals surface area contributed by atoms with Gasteiger partial charge in [0.25, 0.3) is 4.46 Å². The lowest BCUT2D eigenvalue weighted by Crippen LogP contribution is -2.55. The minimum absolute atomic E-state index is 0.0491. The van der Waals surface area contributed by atoms with Crippen LogP contribution in [-0.2, 0) is 13.8 Å². The van der Waals surface area contributed by atoms with Gasteiger partial charge in [-0.1, -0.05) is 18.2 Å². The molecule has 0 aliphatic rings. The SMILES string of the molecule is O=C(O)C[N+]([O-])(CP(=O)(O)O)C(Cl)(Cl)c1ccccc1. The molecule has 0 spiro atoms. The Bertz CT molecular complexity index is 534. The van der Waals surface area contributed by atoms with Crippen LogP contribution in [0.5, 0.6) is 0 Å². The van der Waals surface area contributed by atoms with E-state index < -0.39 is 35.5 Å². The van der Waals surface area contributed by atoms with Crippen LogP contribution in [0, 0.1) is 5.21 Å². The van der Waals surface area contributed by atoms with Crippen LogP contribution in [0.4, 0.5) is 0 Å². The van der Waals surface area contributed by atoms with Crippen molar-refractivity contribution in [2.24, 2.45) is 0 Å². The van der Waals surface area contributed by atoms with E-state index >= 15 is 0 Å². The average Bonchev–Trinajstić information content (AvgIpc) is 2.26. The molecule has 0 saturated heterocycles. The molecule has 7 nitrogen and oxygen atoms in total. The minimum atomic E-state index is -4.83. The number of carboxylic acids is 1. The molecule has 0 aliphatic carbocycles. The number of aliphatic carboxylic acids is 1. The van der Waals surface area contributed by atoms with E-state index in [4.69, 9.17) is 38.1 Å². The fourth-order valence-electron chi connectivity index (χ4n) is 1.63. The van der Waals surface area contributed by atoms with E-state index in [1.807, 2.05) is 0 Å². The lowest BCUT2D eigenvalue weighted by molar-refractivity contribution is -0.893. The summed E-state index contributed by atoms with van der Waals surface area (Å²) in [6.07, 6.45) is -1.35. The first-order valence-corrected chi connectivity index (χ1v) is 7.81. The zero-order valence-corrected chi connectivity index (χ0v) is 12.4. The van der Waals surface area contributed by atoms with Gasteiger partial charge < -0.3 is 24.7 Å². The third kappa shape index (κ3) is 4.17. The fourth-order valence-corrected chi connectivity index (χ4v) is 3.19. The number of hydrogen-bond acceptors (Lipinski definition) is 3. The van der Waals surface area contributed by atoms with Crippen LogP contribution in [0.2, 0.25) is 0 Å². The maximum Gasteiger partial charge on any atom is 0.379 e. The Morgan fingerprint density at radius 3 is 2.20 bits per heavy atom. The van der Waals surface area contributed by atoms with E-state index in [2.05, 4.69) is 0 Å². The van der Waals surface area contributed by atoms with Gasteiger partial charge in [-0.2, -0.15) is 0 Å². The molecule has 1 rings (SSSR count). The molecule has 0 amide bonds. The molecule has 1 aromatic carbocycles. The predicted octanol–water partition coefficient (Wildman–Crippen LogP) is 1.81. The maximum atomic E-state index is 12.6. The summed E-state index contributed by atoms with van der Waals surface area (Å²) in [4.78, 5) is 28.7. The van der Waals surface area contributed by atoms with Gasteiger partial charge in [0.05, 0.1) is 0 Å². The van der Waals surface area contributed by atoms with Crippen LogP contribution in [0.15, 0.2) is 30.3 Å². The Morgan fingerprint density at radius 1 is 1.30 bits per heavy atom. The van der Waals surface area contributed by atoms with Crippen LogP contribution in [0.3, 0.4) is 0 Å². The molecule has 0 fully saturated rings. The lowest BCUT2D eigenvalue weighted by atomic mass is 10.2. The van der Waals surface area contributed by atoms with Crippen molar-refractivity contribution in [3.63, 3.8) is 0 Å². The van der Waals surface area contributed by atoms with Crippen molar-refractivity contribution >= 4 is 36.8 Å². The van der Waals surface area contributed by atoms with Gasteiger partial charge in [-0.15, -0.1) is 0 Å². The van der Waals surface area contributed by atoms with Crippen molar-refractivity contribution in [3.05, 3.63) is 41.1 Å². The van der Waals surface area contributed by atoms with E-state index in [0.717, 1.165) is 0 Å². The molecule has 1 atom stereocenters. The predicted molar refractivity (Wildman–Crippen MR) is 72.9 cm³/mol. The first-order chi connectivity index (χ1) is 8.98. The topological polar surface area (TPSA) is 118 Å². The van der Waals surface area contributed by atoms with Crippen LogP contribution < -0.4 is 0 Å². The quantitative estimate of drug-likeness (QED) is 0.238. The number of hydrogen-bond donors (Lipinski definition) is 3.